The average molecular weight is 179 g/mol. The molecule has 3 N–H and O–H groups in total. The Morgan fingerprint density at radius 2 is 2.23 bits per heavy atom. The third kappa shape index (κ3) is 2.47. The molecule has 3 heteroatoms. The Labute approximate surface area is 77.2 Å². The first-order chi connectivity index (χ1) is 6.13. The molecule has 0 atom stereocenters. The van der Waals surface area contributed by atoms with Gasteiger partial charge in [0.15, 0.2) is 0 Å². The maximum Gasteiger partial charge on any atom is 0.138 e. The van der Waals surface area contributed by atoms with Crippen molar-refractivity contribution in [2.45, 2.75) is 19.8 Å². The minimum Gasteiger partial charge on any atom is -0.506 e. The van der Waals surface area contributed by atoms with Crippen LogP contribution >= 0.6 is 0 Å². The summed E-state index contributed by atoms with van der Waals surface area (Å²) < 4.78 is 0. The third-order valence-electron chi connectivity index (χ3n) is 1.89. The number of carbonyl (C=O) groups is 1. The van der Waals surface area contributed by atoms with Crippen LogP contribution in [-0.2, 0) is 11.2 Å². The number of nitrogen functional groups attached to an aromatic ring is 1. The molecule has 0 unspecified atom stereocenters. The van der Waals surface area contributed by atoms with E-state index in [1.54, 1.807) is 12.1 Å². The second kappa shape index (κ2) is 3.94. The van der Waals surface area contributed by atoms with Crippen LogP contribution in [0.4, 0.5) is 5.69 Å². The lowest BCUT2D eigenvalue weighted by molar-refractivity contribution is -0.118. The van der Waals surface area contributed by atoms with Crippen molar-refractivity contribution in [1.29, 1.82) is 0 Å². The zero-order valence-corrected chi connectivity index (χ0v) is 7.58. The first-order valence-corrected chi connectivity index (χ1v) is 4.22. The van der Waals surface area contributed by atoms with Crippen molar-refractivity contribution in [3.05, 3.63) is 23.8 Å². The highest BCUT2D eigenvalue weighted by Crippen LogP contribution is 2.20. The summed E-state index contributed by atoms with van der Waals surface area (Å²) >= 11 is 0. The summed E-state index contributed by atoms with van der Waals surface area (Å²) in [5.41, 5.74) is 6.65. The van der Waals surface area contributed by atoms with Crippen molar-refractivity contribution in [1.82, 2.24) is 0 Å². The normalized spacial score (nSPS) is 9.92. The lowest BCUT2D eigenvalue weighted by atomic mass is 10.1. The fourth-order valence-electron chi connectivity index (χ4n) is 1.07. The van der Waals surface area contributed by atoms with E-state index in [9.17, 15) is 4.79 Å². The number of anilines is 1. The maximum atomic E-state index is 11.1. The standard InChI is InChI=1S/C10H13NO2/c1-2-8(12)5-7-3-4-10(13)9(11)6-7/h3-4,6,13H,2,5,11H2,1H3. The molecule has 1 rings (SSSR count). The number of benzene rings is 1. The summed E-state index contributed by atoms with van der Waals surface area (Å²) in [5, 5.41) is 9.13. The molecule has 0 saturated carbocycles. The zero-order valence-electron chi connectivity index (χ0n) is 7.58. The Hall–Kier alpha value is -1.51. The molecule has 0 fully saturated rings. The zero-order chi connectivity index (χ0) is 9.84. The van der Waals surface area contributed by atoms with Crippen LogP contribution in [0.3, 0.4) is 0 Å². The lowest BCUT2D eigenvalue weighted by Crippen LogP contribution is -2.00. The van der Waals surface area contributed by atoms with Gasteiger partial charge in [0.05, 0.1) is 5.69 Å². The van der Waals surface area contributed by atoms with Crippen molar-refractivity contribution in [3.8, 4) is 5.75 Å². The number of carbonyl (C=O) groups excluding carboxylic acids is 1. The van der Waals surface area contributed by atoms with Gasteiger partial charge in [-0.25, -0.2) is 0 Å². The summed E-state index contributed by atoms with van der Waals surface area (Å²) in [4.78, 5) is 11.1. The van der Waals surface area contributed by atoms with Crippen LogP contribution in [-0.4, -0.2) is 10.9 Å². The van der Waals surface area contributed by atoms with Gasteiger partial charge in [-0.2, -0.15) is 0 Å². The summed E-state index contributed by atoms with van der Waals surface area (Å²) in [6.45, 7) is 1.83. The SMILES string of the molecule is CCC(=O)Cc1ccc(O)c(N)c1. The number of rotatable bonds is 3. The molecule has 0 heterocycles. The molecule has 0 aliphatic carbocycles. The Bertz CT molecular complexity index is 321. The number of hydrogen-bond acceptors (Lipinski definition) is 3. The Balaban J connectivity index is 2.79. The molecule has 0 aromatic heterocycles. The molecule has 0 spiro atoms. The van der Waals surface area contributed by atoms with Gasteiger partial charge in [-0.3, -0.25) is 4.79 Å². The number of phenols is 1. The first-order valence-electron chi connectivity index (χ1n) is 4.22. The Kier molecular flexibility index (Phi) is 2.90. The molecule has 3 nitrogen and oxygen atoms in total. The average Bonchev–Trinajstić information content (AvgIpc) is 2.11. The van der Waals surface area contributed by atoms with E-state index in [4.69, 9.17) is 10.8 Å². The molecule has 0 bridgehead atoms. The van der Waals surface area contributed by atoms with E-state index in [1.807, 2.05) is 6.92 Å². The van der Waals surface area contributed by atoms with Gasteiger partial charge in [0.1, 0.15) is 11.5 Å². The highest BCUT2D eigenvalue weighted by molar-refractivity contribution is 5.80. The number of ketones is 1. The van der Waals surface area contributed by atoms with Crippen LogP contribution in [0.15, 0.2) is 18.2 Å². The summed E-state index contributed by atoms with van der Waals surface area (Å²) in [5.74, 6) is 0.234. The summed E-state index contributed by atoms with van der Waals surface area (Å²) in [6.07, 6.45) is 0.918. The minimum absolute atomic E-state index is 0.0627. The number of Topliss-reactive ketones (excluding diaryl/α,β-unsaturated/α-hetero) is 1. The van der Waals surface area contributed by atoms with Crippen molar-refractivity contribution in [2.24, 2.45) is 0 Å². The summed E-state index contributed by atoms with van der Waals surface area (Å²) in [7, 11) is 0. The van der Waals surface area contributed by atoms with Crippen LogP contribution < -0.4 is 5.73 Å². The van der Waals surface area contributed by atoms with Crippen molar-refractivity contribution in [3.63, 3.8) is 0 Å². The van der Waals surface area contributed by atoms with E-state index in [0.717, 1.165) is 5.56 Å². The number of phenolic OH excluding ortho intramolecular Hbond substituents is 1. The fourth-order valence-corrected chi connectivity index (χ4v) is 1.07. The van der Waals surface area contributed by atoms with E-state index >= 15 is 0 Å². The van der Waals surface area contributed by atoms with Gasteiger partial charge in [-0.15, -0.1) is 0 Å². The number of nitrogens with two attached hydrogens (primary N) is 1. The molecule has 0 aliphatic heterocycles. The predicted octanol–water partition coefficient (Wildman–Crippen LogP) is 1.50. The van der Waals surface area contributed by atoms with Gasteiger partial charge in [0, 0.05) is 12.8 Å². The molecule has 1 aromatic rings. The van der Waals surface area contributed by atoms with Gasteiger partial charge in [0.25, 0.3) is 0 Å². The van der Waals surface area contributed by atoms with Crippen LogP contribution in [0.5, 0.6) is 5.75 Å². The van der Waals surface area contributed by atoms with Gasteiger partial charge in [-0.05, 0) is 17.7 Å². The van der Waals surface area contributed by atoms with Crippen LogP contribution in [0.25, 0.3) is 0 Å². The molecule has 0 saturated heterocycles. The van der Waals surface area contributed by atoms with E-state index in [1.165, 1.54) is 6.07 Å². The second-order valence-electron chi connectivity index (χ2n) is 2.96. The van der Waals surface area contributed by atoms with Crippen molar-refractivity contribution < 1.29 is 9.90 Å². The molecule has 0 amide bonds. The first kappa shape index (κ1) is 9.58. The molecule has 13 heavy (non-hydrogen) atoms. The van der Waals surface area contributed by atoms with Gasteiger partial charge >= 0.3 is 0 Å². The monoisotopic (exact) mass is 179 g/mol. The molecular formula is C10H13NO2. The van der Waals surface area contributed by atoms with Gasteiger partial charge in [-0.1, -0.05) is 13.0 Å². The molecule has 70 valence electrons. The van der Waals surface area contributed by atoms with Crippen LogP contribution in [0.1, 0.15) is 18.9 Å². The number of hydrogen-bond donors (Lipinski definition) is 2. The topological polar surface area (TPSA) is 63.3 Å². The predicted molar refractivity (Wildman–Crippen MR) is 51.5 cm³/mol. The van der Waals surface area contributed by atoms with Gasteiger partial charge < -0.3 is 10.8 Å². The third-order valence-corrected chi connectivity index (χ3v) is 1.89. The summed E-state index contributed by atoms with van der Waals surface area (Å²) in [6, 6.07) is 4.84. The van der Waals surface area contributed by atoms with Gasteiger partial charge in [0.2, 0.25) is 0 Å². The van der Waals surface area contributed by atoms with Crippen molar-refractivity contribution >= 4 is 11.5 Å². The smallest absolute Gasteiger partial charge is 0.138 e. The molecular weight excluding hydrogens is 166 g/mol. The van der Waals surface area contributed by atoms with E-state index in [2.05, 4.69) is 0 Å². The molecule has 0 radical (unpaired) electrons. The highest BCUT2D eigenvalue weighted by atomic mass is 16.3. The lowest BCUT2D eigenvalue weighted by Gasteiger charge is -2.02. The largest absolute Gasteiger partial charge is 0.506 e. The van der Waals surface area contributed by atoms with E-state index in [-0.39, 0.29) is 11.5 Å². The Morgan fingerprint density at radius 1 is 1.54 bits per heavy atom. The molecule has 0 aliphatic rings. The maximum absolute atomic E-state index is 11.1. The van der Waals surface area contributed by atoms with Crippen molar-refractivity contribution in [2.75, 3.05) is 5.73 Å². The second-order valence-corrected chi connectivity index (χ2v) is 2.96. The van der Waals surface area contributed by atoms with Crippen LogP contribution in [0, 0.1) is 0 Å². The highest BCUT2D eigenvalue weighted by Gasteiger charge is 2.03. The minimum atomic E-state index is 0.0627. The quantitative estimate of drug-likeness (QED) is 0.546. The fraction of sp³-hybridized carbons (Fsp3) is 0.300. The Morgan fingerprint density at radius 3 is 2.77 bits per heavy atom. The van der Waals surface area contributed by atoms with E-state index < -0.39 is 0 Å². The van der Waals surface area contributed by atoms with E-state index in [0.29, 0.717) is 18.5 Å². The molecule has 1 aromatic carbocycles. The van der Waals surface area contributed by atoms with Crippen LogP contribution in [0.2, 0.25) is 0 Å². The number of aromatic hydroxyl groups is 1.